The largest absolute Gasteiger partial charge is 0.416 e. The number of aromatic nitrogens is 1. The Hall–Kier alpha value is -2.10. The Labute approximate surface area is 109 Å². The van der Waals surface area contributed by atoms with Crippen molar-refractivity contribution in [3.05, 3.63) is 59.9 Å². The van der Waals surface area contributed by atoms with Gasteiger partial charge in [0.1, 0.15) is 0 Å². The minimum atomic E-state index is -4.33. The van der Waals surface area contributed by atoms with Crippen molar-refractivity contribution in [2.45, 2.75) is 13.1 Å². The number of hydrogen-bond acceptors (Lipinski definition) is 1. The molecule has 2 aromatic rings. The zero-order chi connectivity index (χ0) is 13.9. The van der Waals surface area contributed by atoms with Gasteiger partial charge in [-0.25, -0.2) is 0 Å². The van der Waals surface area contributed by atoms with E-state index in [2.05, 4.69) is 4.98 Å². The summed E-state index contributed by atoms with van der Waals surface area (Å²) in [6, 6.07) is 8.77. The molecule has 2 rings (SSSR count). The van der Waals surface area contributed by atoms with Crippen molar-refractivity contribution in [3.63, 3.8) is 0 Å². The standard InChI is InChI=1S/C15H12F3N/c1-2-4-14-8-7-12(10-19-14)11-5-3-6-13(9-11)15(16,17)18/h2-10H,1H3/b4-2+. The smallest absolute Gasteiger partial charge is 0.256 e. The first kappa shape index (κ1) is 13.3. The number of rotatable bonds is 2. The monoisotopic (exact) mass is 263 g/mol. The Balaban J connectivity index is 2.36. The molecule has 0 unspecified atom stereocenters. The van der Waals surface area contributed by atoms with Crippen LogP contribution in [0.25, 0.3) is 17.2 Å². The van der Waals surface area contributed by atoms with Crippen LogP contribution in [0.2, 0.25) is 0 Å². The maximum Gasteiger partial charge on any atom is 0.416 e. The van der Waals surface area contributed by atoms with E-state index in [4.69, 9.17) is 0 Å². The fourth-order valence-electron chi connectivity index (χ4n) is 1.72. The van der Waals surface area contributed by atoms with Crippen LogP contribution in [-0.2, 0) is 6.18 Å². The highest BCUT2D eigenvalue weighted by Gasteiger charge is 2.30. The third-order valence-electron chi connectivity index (χ3n) is 2.65. The summed E-state index contributed by atoms with van der Waals surface area (Å²) in [6.45, 7) is 1.88. The maximum absolute atomic E-state index is 12.6. The van der Waals surface area contributed by atoms with Crippen LogP contribution in [0.4, 0.5) is 13.2 Å². The van der Waals surface area contributed by atoms with Crippen molar-refractivity contribution in [1.82, 2.24) is 4.98 Å². The summed E-state index contributed by atoms with van der Waals surface area (Å²) in [4.78, 5) is 4.17. The Bertz CT molecular complexity index is 583. The van der Waals surface area contributed by atoms with Crippen LogP contribution >= 0.6 is 0 Å². The molecule has 1 aromatic heterocycles. The van der Waals surface area contributed by atoms with E-state index >= 15 is 0 Å². The summed E-state index contributed by atoms with van der Waals surface area (Å²) in [7, 11) is 0. The van der Waals surface area contributed by atoms with Crippen LogP contribution in [0.3, 0.4) is 0 Å². The van der Waals surface area contributed by atoms with Gasteiger partial charge in [-0.15, -0.1) is 0 Å². The predicted molar refractivity (Wildman–Crippen MR) is 69.4 cm³/mol. The number of nitrogens with zero attached hydrogens (tertiary/aromatic N) is 1. The van der Waals surface area contributed by atoms with Crippen LogP contribution in [0, 0.1) is 0 Å². The highest BCUT2D eigenvalue weighted by atomic mass is 19.4. The minimum Gasteiger partial charge on any atom is -0.256 e. The molecule has 1 nitrogen and oxygen atoms in total. The third kappa shape index (κ3) is 3.22. The number of pyridine rings is 1. The average molecular weight is 263 g/mol. The van der Waals surface area contributed by atoms with E-state index in [9.17, 15) is 13.2 Å². The van der Waals surface area contributed by atoms with E-state index in [1.54, 1.807) is 24.4 Å². The van der Waals surface area contributed by atoms with Gasteiger partial charge in [0.2, 0.25) is 0 Å². The topological polar surface area (TPSA) is 12.9 Å². The number of alkyl halides is 3. The zero-order valence-electron chi connectivity index (χ0n) is 10.3. The molecular formula is C15H12F3N. The molecule has 0 atom stereocenters. The van der Waals surface area contributed by atoms with Crippen LogP contribution in [0.1, 0.15) is 18.2 Å². The van der Waals surface area contributed by atoms with Crippen molar-refractivity contribution < 1.29 is 13.2 Å². The van der Waals surface area contributed by atoms with Gasteiger partial charge in [-0.1, -0.05) is 24.3 Å². The van der Waals surface area contributed by atoms with Gasteiger partial charge in [0.25, 0.3) is 0 Å². The summed E-state index contributed by atoms with van der Waals surface area (Å²) in [5.74, 6) is 0. The van der Waals surface area contributed by atoms with Crippen molar-refractivity contribution in [3.8, 4) is 11.1 Å². The fraction of sp³-hybridized carbons (Fsp3) is 0.133. The number of hydrogen-bond donors (Lipinski definition) is 0. The number of benzene rings is 1. The van der Waals surface area contributed by atoms with Gasteiger partial charge in [0.15, 0.2) is 0 Å². The molecular weight excluding hydrogens is 251 g/mol. The van der Waals surface area contributed by atoms with Gasteiger partial charge >= 0.3 is 6.18 Å². The average Bonchev–Trinajstić information content (AvgIpc) is 2.39. The Morgan fingerprint density at radius 2 is 1.84 bits per heavy atom. The maximum atomic E-state index is 12.6. The molecule has 0 bridgehead atoms. The van der Waals surface area contributed by atoms with Gasteiger partial charge in [0, 0.05) is 11.8 Å². The van der Waals surface area contributed by atoms with Gasteiger partial charge < -0.3 is 0 Å². The molecule has 0 radical (unpaired) electrons. The second-order valence-electron chi connectivity index (χ2n) is 4.05. The molecule has 19 heavy (non-hydrogen) atoms. The molecule has 0 saturated heterocycles. The lowest BCUT2D eigenvalue weighted by Gasteiger charge is -2.08. The van der Waals surface area contributed by atoms with Crippen molar-refractivity contribution in [2.75, 3.05) is 0 Å². The van der Waals surface area contributed by atoms with E-state index in [1.807, 2.05) is 19.1 Å². The normalized spacial score (nSPS) is 12.0. The highest BCUT2D eigenvalue weighted by molar-refractivity contribution is 5.64. The van der Waals surface area contributed by atoms with Gasteiger partial charge in [-0.2, -0.15) is 13.2 Å². The summed E-state index contributed by atoms with van der Waals surface area (Å²) in [6.07, 6.45) is 0.932. The molecule has 1 aromatic carbocycles. The summed E-state index contributed by atoms with van der Waals surface area (Å²) in [5.41, 5.74) is 1.30. The number of allylic oxidation sites excluding steroid dienone is 1. The molecule has 0 fully saturated rings. The molecule has 4 heteroatoms. The minimum absolute atomic E-state index is 0.509. The van der Waals surface area contributed by atoms with E-state index < -0.39 is 11.7 Å². The third-order valence-corrected chi connectivity index (χ3v) is 2.65. The van der Waals surface area contributed by atoms with Crippen molar-refractivity contribution >= 4 is 6.08 Å². The molecule has 1 heterocycles. The van der Waals surface area contributed by atoms with E-state index in [0.29, 0.717) is 11.1 Å². The molecule has 0 aliphatic carbocycles. The van der Waals surface area contributed by atoms with Crippen LogP contribution in [0.5, 0.6) is 0 Å². The van der Waals surface area contributed by atoms with E-state index in [1.165, 1.54) is 6.07 Å². The molecule has 0 aliphatic heterocycles. The Morgan fingerprint density at radius 3 is 2.42 bits per heavy atom. The molecule has 0 N–H and O–H groups in total. The second kappa shape index (κ2) is 5.26. The first-order chi connectivity index (χ1) is 9.00. The zero-order valence-corrected chi connectivity index (χ0v) is 10.3. The van der Waals surface area contributed by atoms with Gasteiger partial charge in [0.05, 0.1) is 11.3 Å². The lowest BCUT2D eigenvalue weighted by molar-refractivity contribution is -0.137. The molecule has 0 amide bonds. The van der Waals surface area contributed by atoms with Gasteiger partial charge in [-0.05, 0) is 36.8 Å². The van der Waals surface area contributed by atoms with Crippen molar-refractivity contribution in [1.29, 1.82) is 0 Å². The Kier molecular flexibility index (Phi) is 3.69. The summed E-state index contributed by atoms with van der Waals surface area (Å²) >= 11 is 0. The second-order valence-corrected chi connectivity index (χ2v) is 4.05. The number of halogens is 3. The predicted octanol–water partition coefficient (Wildman–Crippen LogP) is 4.80. The molecule has 0 spiro atoms. The van der Waals surface area contributed by atoms with E-state index in [-0.39, 0.29) is 0 Å². The SMILES string of the molecule is C/C=C/c1ccc(-c2cccc(C(F)(F)F)c2)cn1. The highest BCUT2D eigenvalue weighted by Crippen LogP contribution is 2.31. The van der Waals surface area contributed by atoms with Gasteiger partial charge in [-0.3, -0.25) is 4.98 Å². The summed E-state index contributed by atoms with van der Waals surface area (Å²) < 4.78 is 37.9. The molecule has 98 valence electrons. The molecule has 0 saturated carbocycles. The lowest BCUT2D eigenvalue weighted by Crippen LogP contribution is -2.04. The van der Waals surface area contributed by atoms with E-state index in [0.717, 1.165) is 17.8 Å². The first-order valence-electron chi connectivity index (χ1n) is 5.77. The lowest BCUT2D eigenvalue weighted by atomic mass is 10.0. The quantitative estimate of drug-likeness (QED) is 0.758. The summed E-state index contributed by atoms with van der Waals surface area (Å²) in [5, 5.41) is 0. The first-order valence-corrected chi connectivity index (χ1v) is 5.77. The van der Waals surface area contributed by atoms with Crippen molar-refractivity contribution in [2.24, 2.45) is 0 Å². The van der Waals surface area contributed by atoms with Crippen LogP contribution in [0.15, 0.2) is 48.7 Å². The van der Waals surface area contributed by atoms with Crippen LogP contribution in [-0.4, -0.2) is 4.98 Å². The molecule has 0 aliphatic rings. The Morgan fingerprint density at radius 1 is 1.05 bits per heavy atom. The fourth-order valence-corrected chi connectivity index (χ4v) is 1.72. The van der Waals surface area contributed by atoms with Crippen LogP contribution < -0.4 is 0 Å².